The lowest BCUT2D eigenvalue weighted by atomic mass is 9.86. The van der Waals surface area contributed by atoms with E-state index in [0.717, 1.165) is 32.2 Å². The van der Waals surface area contributed by atoms with Crippen LogP contribution in [-0.4, -0.2) is 104 Å². The van der Waals surface area contributed by atoms with Crippen molar-refractivity contribution >= 4 is 29.3 Å². The third kappa shape index (κ3) is 6.93. The second-order valence-electron chi connectivity index (χ2n) is 8.70. The Morgan fingerprint density at radius 3 is 2.58 bits per heavy atom. The molecule has 0 aromatic carbocycles. The largest absolute Gasteiger partial charge is 0.395 e. The third-order valence-corrected chi connectivity index (χ3v) is 7.60. The fourth-order valence-electron chi connectivity index (χ4n) is 4.59. The fourth-order valence-corrected chi connectivity index (χ4v) is 5.48. The number of carbonyl (C=O) groups is 1. The summed E-state index contributed by atoms with van der Waals surface area (Å²) in [4.78, 5) is 15.3. The molecule has 182 valence electrons. The van der Waals surface area contributed by atoms with Gasteiger partial charge in [0.05, 0.1) is 24.1 Å². The number of thioether (sulfide) groups is 1. The van der Waals surface area contributed by atoms with E-state index in [-0.39, 0.29) is 12.5 Å². The summed E-state index contributed by atoms with van der Waals surface area (Å²) in [6.45, 7) is 4.99. The normalized spacial score (nSPS) is 36.7. The van der Waals surface area contributed by atoms with Crippen LogP contribution in [0.15, 0.2) is 0 Å². The molecule has 0 spiro atoms. The molecule has 5 N–H and O–H groups in total. The average Bonchev–Trinajstić information content (AvgIpc) is 2.75. The molecule has 0 bridgehead atoms. The van der Waals surface area contributed by atoms with Gasteiger partial charge in [-0.1, -0.05) is 26.2 Å². The molecule has 2 fully saturated rings. The van der Waals surface area contributed by atoms with Gasteiger partial charge in [-0.25, -0.2) is 0 Å². The zero-order valence-electron chi connectivity index (χ0n) is 18.7. The predicted molar refractivity (Wildman–Crippen MR) is 122 cm³/mol. The highest BCUT2D eigenvalue weighted by Crippen LogP contribution is 2.31. The van der Waals surface area contributed by atoms with E-state index in [1.54, 1.807) is 13.2 Å². The number of aliphatic hydroxyl groups is 4. The number of rotatable bonds is 10. The maximum atomic E-state index is 13.3. The van der Waals surface area contributed by atoms with Crippen LogP contribution in [0.3, 0.4) is 0 Å². The molecule has 0 aromatic heterocycles. The van der Waals surface area contributed by atoms with E-state index in [1.165, 1.54) is 11.8 Å². The van der Waals surface area contributed by atoms with Crippen LogP contribution in [0.2, 0.25) is 0 Å². The number of nitrogens with zero attached hydrogens (tertiary/aromatic N) is 1. The molecule has 2 aliphatic heterocycles. The minimum Gasteiger partial charge on any atom is -0.395 e. The number of amides is 1. The summed E-state index contributed by atoms with van der Waals surface area (Å²) in [6, 6.07) is -1.15. The van der Waals surface area contributed by atoms with Gasteiger partial charge in [0, 0.05) is 6.54 Å². The Morgan fingerprint density at radius 2 is 2.00 bits per heavy atom. The summed E-state index contributed by atoms with van der Waals surface area (Å²) >= 11 is 7.60. The van der Waals surface area contributed by atoms with Crippen molar-refractivity contribution in [2.45, 2.75) is 93.3 Å². The zero-order valence-corrected chi connectivity index (χ0v) is 20.3. The predicted octanol–water partition coefficient (Wildman–Crippen LogP) is 0.532. The molecule has 7 unspecified atom stereocenters. The van der Waals surface area contributed by atoms with E-state index >= 15 is 0 Å². The SMILES string of the molecule is CCCC[C@@H]1CCN(CCO)[C@H](C(=O)NC(C(C)Cl)C2OC(SC)C(O)C(O)C2O)C1. The third-order valence-electron chi connectivity index (χ3n) is 6.47. The summed E-state index contributed by atoms with van der Waals surface area (Å²) in [7, 11) is 0. The lowest BCUT2D eigenvalue weighted by Gasteiger charge is -2.45. The van der Waals surface area contributed by atoms with E-state index in [0.29, 0.717) is 18.9 Å². The standard InChI is InChI=1S/C21H39ClN2O6S/c1-4-5-6-13-7-8-24(9-10-25)14(11-13)20(29)23-15(12(2)22)19-17(27)16(26)18(28)21(30-19)31-3/h12-19,21,25-28H,4-11H2,1-3H3,(H,23,29)/t12?,13-,14+,15?,16?,17?,18?,19?,21?/m1/s1. The first-order chi connectivity index (χ1) is 14.7. The number of carbonyl (C=O) groups excluding carboxylic acids is 1. The second-order valence-corrected chi connectivity index (χ2v) is 10.3. The van der Waals surface area contributed by atoms with Crippen LogP contribution in [0.1, 0.15) is 46.0 Å². The smallest absolute Gasteiger partial charge is 0.237 e. The number of unbranched alkanes of at least 4 members (excludes halogenated alkanes) is 1. The molecule has 0 radical (unpaired) electrons. The molecule has 2 saturated heterocycles. The Kier molecular flexibility index (Phi) is 11.3. The second kappa shape index (κ2) is 12.9. The summed E-state index contributed by atoms with van der Waals surface area (Å²) in [5.41, 5.74) is -0.739. The van der Waals surface area contributed by atoms with Crippen molar-refractivity contribution in [3.63, 3.8) is 0 Å². The Labute approximate surface area is 194 Å². The Hall–Kier alpha value is -0.130. The molecule has 1 amide bonds. The zero-order chi connectivity index (χ0) is 23.1. The first-order valence-corrected chi connectivity index (χ1v) is 13.0. The molecule has 9 atom stereocenters. The first kappa shape index (κ1) is 27.1. The van der Waals surface area contributed by atoms with E-state index in [9.17, 15) is 25.2 Å². The van der Waals surface area contributed by atoms with Crippen LogP contribution in [0.25, 0.3) is 0 Å². The van der Waals surface area contributed by atoms with Crippen LogP contribution in [0.4, 0.5) is 0 Å². The lowest BCUT2D eigenvalue weighted by molar-refractivity contribution is -0.205. The van der Waals surface area contributed by atoms with Gasteiger partial charge in [-0.15, -0.1) is 23.4 Å². The van der Waals surface area contributed by atoms with Gasteiger partial charge in [0.25, 0.3) is 0 Å². The molecule has 0 aromatic rings. The molecule has 0 aliphatic carbocycles. The highest BCUT2D eigenvalue weighted by molar-refractivity contribution is 7.99. The Balaban J connectivity index is 2.15. The lowest BCUT2D eigenvalue weighted by Crippen LogP contribution is -2.65. The number of piperidine rings is 1. The molecule has 2 rings (SSSR count). The van der Waals surface area contributed by atoms with Gasteiger partial charge in [-0.2, -0.15) is 0 Å². The summed E-state index contributed by atoms with van der Waals surface area (Å²) in [5, 5.41) is 42.7. The van der Waals surface area contributed by atoms with Gasteiger partial charge in [0.2, 0.25) is 5.91 Å². The number of hydrogen-bond acceptors (Lipinski definition) is 8. The Morgan fingerprint density at radius 1 is 1.29 bits per heavy atom. The van der Waals surface area contributed by atoms with E-state index < -0.39 is 47.3 Å². The van der Waals surface area contributed by atoms with Crippen LogP contribution < -0.4 is 5.32 Å². The van der Waals surface area contributed by atoms with Gasteiger partial charge in [-0.05, 0) is 38.5 Å². The maximum absolute atomic E-state index is 13.3. The number of β-amino-alcohol motifs (C(OH)–C–C–N with tert-alkyl or cyclic N) is 1. The fraction of sp³-hybridized carbons (Fsp3) is 0.952. The van der Waals surface area contributed by atoms with Gasteiger partial charge in [0.15, 0.2) is 0 Å². The number of halogens is 1. The number of nitrogens with one attached hydrogen (secondary N) is 1. The number of hydrogen-bond donors (Lipinski definition) is 5. The minimum atomic E-state index is -1.40. The van der Waals surface area contributed by atoms with Crippen molar-refractivity contribution in [1.82, 2.24) is 10.2 Å². The van der Waals surface area contributed by atoms with E-state index in [2.05, 4.69) is 12.2 Å². The quantitative estimate of drug-likeness (QED) is 0.286. The number of likely N-dealkylation sites (tertiary alicyclic amines) is 1. The molecule has 8 nitrogen and oxygen atoms in total. The van der Waals surface area contributed by atoms with Gasteiger partial charge in [0.1, 0.15) is 29.9 Å². The van der Waals surface area contributed by atoms with Crippen LogP contribution in [0, 0.1) is 5.92 Å². The molecular formula is C21H39ClN2O6S. The van der Waals surface area contributed by atoms with Crippen LogP contribution >= 0.6 is 23.4 Å². The van der Waals surface area contributed by atoms with Gasteiger partial charge < -0.3 is 30.5 Å². The molecular weight excluding hydrogens is 444 g/mol. The highest BCUT2D eigenvalue weighted by atomic mass is 35.5. The Bertz CT molecular complexity index is 558. The molecule has 2 aliphatic rings. The minimum absolute atomic E-state index is 0.0251. The summed E-state index contributed by atoms with van der Waals surface area (Å²) in [6.07, 6.45) is 1.78. The summed E-state index contributed by atoms with van der Waals surface area (Å²) in [5.74, 6) is 0.233. The van der Waals surface area contributed by atoms with Crippen molar-refractivity contribution < 1.29 is 30.0 Å². The van der Waals surface area contributed by atoms with Crippen molar-refractivity contribution in [3.8, 4) is 0 Å². The van der Waals surface area contributed by atoms with Crippen LogP contribution in [-0.2, 0) is 9.53 Å². The van der Waals surface area contributed by atoms with Gasteiger partial charge >= 0.3 is 0 Å². The number of aliphatic hydroxyl groups excluding tert-OH is 4. The van der Waals surface area contributed by atoms with Crippen molar-refractivity contribution in [3.05, 3.63) is 0 Å². The van der Waals surface area contributed by atoms with Gasteiger partial charge in [-0.3, -0.25) is 9.69 Å². The molecule has 31 heavy (non-hydrogen) atoms. The maximum Gasteiger partial charge on any atom is 0.237 e. The number of ether oxygens (including phenoxy) is 1. The van der Waals surface area contributed by atoms with E-state index in [4.69, 9.17) is 16.3 Å². The average molecular weight is 483 g/mol. The molecule has 0 saturated carbocycles. The number of alkyl halides is 1. The van der Waals surface area contributed by atoms with Crippen molar-refractivity contribution in [1.29, 1.82) is 0 Å². The van der Waals surface area contributed by atoms with Crippen LogP contribution in [0.5, 0.6) is 0 Å². The van der Waals surface area contributed by atoms with Crippen molar-refractivity contribution in [2.24, 2.45) is 5.92 Å². The topological polar surface area (TPSA) is 122 Å². The van der Waals surface area contributed by atoms with E-state index in [1.807, 2.05) is 4.90 Å². The molecule has 2 heterocycles. The first-order valence-electron chi connectivity index (χ1n) is 11.3. The monoisotopic (exact) mass is 482 g/mol. The molecule has 10 heteroatoms. The summed E-state index contributed by atoms with van der Waals surface area (Å²) < 4.78 is 5.84. The van der Waals surface area contributed by atoms with Crippen molar-refractivity contribution in [2.75, 3.05) is 26.0 Å². The highest BCUT2D eigenvalue weighted by Gasteiger charge is 2.48.